The van der Waals surface area contributed by atoms with Crippen LogP contribution in [-0.4, -0.2) is 60.0 Å². The van der Waals surface area contributed by atoms with Gasteiger partial charge in [-0.3, -0.25) is 19.2 Å². The fourth-order valence-corrected chi connectivity index (χ4v) is 8.71. The van der Waals surface area contributed by atoms with Crippen LogP contribution in [0.4, 0.5) is 0 Å². The Hall–Kier alpha value is -2.06. The van der Waals surface area contributed by atoms with Crippen LogP contribution in [-0.2, 0) is 28.7 Å². The van der Waals surface area contributed by atoms with Gasteiger partial charge in [-0.1, -0.05) is 19.4 Å². The van der Waals surface area contributed by atoms with Crippen LogP contribution in [0, 0.1) is 28.6 Å². The van der Waals surface area contributed by atoms with Gasteiger partial charge in [0, 0.05) is 31.4 Å². The Morgan fingerprint density at radius 1 is 1.05 bits per heavy atom. The molecule has 0 aromatic carbocycles. The van der Waals surface area contributed by atoms with Crippen molar-refractivity contribution < 1.29 is 33.8 Å². The van der Waals surface area contributed by atoms with Gasteiger partial charge in [-0.05, 0) is 87.0 Å². The minimum atomic E-state index is -1.51. The Labute approximate surface area is 225 Å². The van der Waals surface area contributed by atoms with Crippen LogP contribution in [0.1, 0.15) is 90.9 Å². The first-order valence-corrected chi connectivity index (χ1v) is 14.6. The molecule has 0 radical (unpaired) electrons. The van der Waals surface area contributed by atoms with Crippen LogP contribution in [0.3, 0.4) is 0 Å². The van der Waals surface area contributed by atoms with Gasteiger partial charge in [0.05, 0.1) is 12.5 Å². The molecule has 8 heteroatoms. The van der Waals surface area contributed by atoms with E-state index < -0.39 is 29.4 Å². The van der Waals surface area contributed by atoms with Crippen molar-refractivity contribution in [2.24, 2.45) is 28.6 Å². The van der Waals surface area contributed by atoms with Crippen LogP contribution in [0.2, 0.25) is 0 Å². The minimum Gasteiger partial charge on any atom is -0.458 e. The molecule has 1 amide bonds. The predicted molar refractivity (Wildman–Crippen MR) is 139 cm³/mol. The first-order valence-electron chi connectivity index (χ1n) is 14.6. The maximum absolute atomic E-state index is 13.3. The number of nitrogens with one attached hydrogen (secondary N) is 1. The number of rotatable bonds is 8. The van der Waals surface area contributed by atoms with Crippen LogP contribution >= 0.6 is 0 Å². The molecule has 1 heterocycles. The molecule has 3 saturated carbocycles. The largest absolute Gasteiger partial charge is 0.458 e. The van der Waals surface area contributed by atoms with Gasteiger partial charge >= 0.3 is 5.97 Å². The molecule has 0 bridgehead atoms. The van der Waals surface area contributed by atoms with E-state index in [4.69, 9.17) is 9.47 Å². The van der Waals surface area contributed by atoms with E-state index >= 15 is 0 Å². The number of carbonyl (C=O) groups is 4. The lowest BCUT2D eigenvalue weighted by Crippen LogP contribution is -2.58. The van der Waals surface area contributed by atoms with Gasteiger partial charge in [0.1, 0.15) is 5.60 Å². The lowest BCUT2D eigenvalue weighted by Gasteiger charge is -2.58. The Bertz CT molecular complexity index is 1020. The zero-order valence-electron chi connectivity index (χ0n) is 22.9. The zero-order chi connectivity index (χ0) is 27.1. The molecule has 1 aliphatic heterocycles. The normalized spacial score (nSPS) is 40.0. The highest BCUT2D eigenvalue weighted by Crippen LogP contribution is 2.67. The van der Waals surface area contributed by atoms with E-state index in [1.807, 2.05) is 6.08 Å². The molecule has 210 valence electrons. The van der Waals surface area contributed by atoms with Gasteiger partial charge in [-0.15, -0.1) is 0 Å². The second-order valence-corrected chi connectivity index (χ2v) is 12.8. The summed E-state index contributed by atoms with van der Waals surface area (Å²) in [6.07, 6.45) is 10.00. The quantitative estimate of drug-likeness (QED) is 0.462. The van der Waals surface area contributed by atoms with E-state index in [9.17, 15) is 24.3 Å². The number of carbonyl (C=O) groups excluding carboxylic acids is 4. The SMILES string of the molecule is C[C@]12CCC3C(CCC4=CC(=O)CC[C@]43C)C1CC[C@@]2(O)C(=O)COC(=O)CCC(=O)NCC1CCCO1. The molecule has 0 aromatic rings. The number of hydrogen-bond donors (Lipinski definition) is 2. The molecule has 8 nitrogen and oxygen atoms in total. The van der Waals surface area contributed by atoms with Crippen LogP contribution in [0.15, 0.2) is 11.6 Å². The lowest BCUT2D eigenvalue weighted by molar-refractivity contribution is -0.170. The van der Waals surface area contributed by atoms with E-state index in [1.165, 1.54) is 5.57 Å². The van der Waals surface area contributed by atoms with Gasteiger partial charge < -0.3 is 19.9 Å². The number of ether oxygens (including phenoxy) is 2. The summed E-state index contributed by atoms with van der Waals surface area (Å²) in [7, 11) is 0. The van der Waals surface area contributed by atoms with Crippen molar-refractivity contribution in [3.63, 3.8) is 0 Å². The second kappa shape index (κ2) is 10.5. The molecule has 1 saturated heterocycles. The van der Waals surface area contributed by atoms with E-state index in [2.05, 4.69) is 19.2 Å². The first-order chi connectivity index (χ1) is 18.1. The molecule has 7 atom stereocenters. The molecular formula is C30H43NO7. The highest BCUT2D eigenvalue weighted by molar-refractivity contribution is 5.92. The Morgan fingerprint density at radius 2 is 1.84 bits per heavy atom. The molecule has 4 unspecified atom stereocenters. The third-order valence-corrected chi connectivity index (χ3v) is 11.0. The molecule has 38 heavy (non-hydrogen) atoms. The van der Waals surface area contributed by atoms with Gasteiger partial charge in [0.15, 0.2) is 12.4 Å². The second-order valence-electron chi connectivity index (χ2n) is 12.8. The molecule has 4 fully saturated rings. The van der Waals surface area contributed by atoms with Gasteiger partial charge in [0.2, 0.25) is 11.7 Å². The summed E-state index contributed by atoms with van der Waals surface area (Å²) in [6, 6.07) is 0. The van der Waals surface area contributed by atoms with Gasteiger partial charge in [0.25, 0.3) is 0 Å². The number of aliphatic hydroxyl groups is 1. The summed E-state index contributed by atoms with van der Waals surface area (Å²) in [5.41, 5.74) is -0.729. The van der Waals surface area contributed by atoms with Crippen molar-refractivity contribution in [1.29, 1.82) is 0 Å². The monoisotopic (exact) mass is 529 g/mol. The fourth-order valence-electron chi connectivity index (χ4n) is 8.71. The molecule has 0 aromatic heterocycles. The third kappa shape index (κ3) is 4.76. The molecular weight excluding hydrogens is 486 g/mol. The maximum atomic E-state index is 13.3. The van der Waals surface area contributed by atoms with Crippen molar-refractivity contribution in [2.75, 3.05) is 19.8 Å². The van der Waals surface area contributed by atoms with E-state index in [0.717, 1.165) is 51.4 Å². The van der Waals surface area contributed by atoms with Crippen molar-refractivity contribution >= 4 is 23.4 Å². The first kappa shape index (κ1) is 27.5. The smallest absolute Gasteiger partial charge is 0.306 e. The van der Waals surface area contributed by atoms with Crippen LogP contribution < -0.4 is 5.32 Å². The molecule has 5 rings (SSSR count). The third-order valence-electron chi connectivity index (χ3n) is 11.0. The number of allylic oxidation sites excluding steroid dienone is 1. The van der Waals surface area contributed by atoms with Crippen molar-refractivity contribution in [3.8, 4) is 0 Å². The van der Waals surface area contributed by atoms with E-state index in [0.29, 0.717) is 37.8 Å². The van der Waals surface area contributed by atoms with E-state index in [-0.39, 0.29) is 42.0 Å². The zero-order valence-corrected chi connectivity index (χ0v) is 22.9. The average Bonchev–Trinajstić information content (AvgIpc) is 3.51. The Balaban J connectivity index is 1.15. The topological polar surface area (TPSA) is 119 Å². The maximum Gasteiger partial charge on any atom is 0.306 e. The molecule has 2 N–H and O–H groups in total. The standard InChI is InChI=1S/C30H43NO7/c1-28-12-9-20(32)16-19(28)5-6-22-23(28)10-13-29(2)24(22)11-14-30(29,36)25(33)18-38-27(35)8-7-26(34)31-17-21-4-3-15-37-21/h16,21-24,36H,3-15,17-18H2,1-2H3,(H,31,34)/t21?,22?,23?,24?,28-,29+,30-/m1/s1. The van der Waals surface area contributed by atoms with Crippen molar-refractivity contribution in [3.05, 3.63) is 11.6 Å². The van der Waals surface area contributed by atoms with Crippen LogP contribution in [0.5, 0.6) is 0 Å². The highest BCUT2D eigenvalue weighted by Gasteiger charge is 2.66. The van der Waals surface area contributed by atoms with Gasteiger partial charge in [-0.2, -0.15) is 0 Å². The summed E-state index contributed by atoms with van der Waals surface area (Å²) < 4.78 is 10.7. The summed E-state index contributed by atoms with van der Waals surface area (Å²) >= 11 is 0. The highest BCUT2D eigenvalue weighted by atomic mass is 16.5. The average molecular weight is 530 g/mol. The number of hydrogen-bond acceptors (Lipinski definition) is 7. The number of ketones is 2. The molecule has 5 aliphatic rings. The number of fused-ring (bicyclic) bond motifs is 5. The van der Waals surface area contributed by atoms with Gasteiger partial charge in [-0.25, -0.2) is 0 Å². The van der Waals surface area contributed by atoms with E-state index in [1.54, 1.807) is 0 Å². The summed E-state index contributed by atoms with van der Waals surface area (Å²) in [4.78, 5) is 49.7. The molecule has 0 spiro atoms. The number of Topliss-reactive ketones (excluding diaryl/α,β-unsaturated/α-hetero) is 1. The Kier molecular flexibility index (Phi) is 7.59. The number of amides is 1. The molecule has 4 aliphatic carbocycles. The predicted octanol–water partition coefficient (Wildman–Crippen LogP) is 3.44. The lowest BCUT2D eigenvalue weighted by atomic mass is 9.46. The summed E-state index contributed by atoms with van der Waals surface area (Å²) in [5.74, 6) is 0.0801. The van der Waals surface area contributed by atoms with Crippen LogP contribution in [0.25, 0.3) is 0 Å². The minimum absolute atomic E-state index is 0.00628. The van der Waals surface area contributed by atoms with Crippen molar-refractivity contribution in [1.82, 2.24) is 5.32 Å². The fraction of sp³-hybridized carbons (Fsp3) is 0.800. The summed E-state index contributed by atoms with van der Waals surface area (Å²) in [5, 5.41) is 14.5. The Morgan fingerprint density at radius 3 is 2.61 bits per heavy atom. The number of esters is 1. The van der Waals surface area contributed by atoms with Crippen molar-refractivity contribution in [2.45, 2.75) is 103 Å². The summed E-state index contributed by atoms with van der Waals surface area (Å²) in [6.45, 7) is 5.07.